The molecule has 4 amide bonds. The molecule has 2 aromatic carbocycles. The fourth-order valence-electron chi connectivity index (χ4n) is 7.73. The zero-order valence-corrected chi connectivity index (χ0v) is 29.4. The van der Waals surface area contributed by atoms with Crippen LogP contribution in [-0.2, 0) is 35.1 Å². The van der Waals surface area contributed by atoms with Crippen molar-refractivity contribution in [3.63, 3.8) is 0 Å². The van der Waals surface area contributed by atoms with Gasteiger partial charge in [-0.15, -0.1) is 0 Å². The number of alkyl carbamates (subject to hydrolysis) is 1. The molecule has 0 saturated carbocycles. The summed E-state index contributed by atoms with van der Waals surface area (Å²) in [5.74, 6) is -2.74. The van der Waals surface area contributed by atoms with E-state index in [9.17, 15) is 28.7 Å². The van der Waals surface area contributed by atoms with Crippen molar-refractivity contribution in [3.8, 4) is 11.3 Å². The van der Waals surface area contributed by atoms with Gasteiger partial charge in [-0.3, -0.25) is 19.3 Å². The van der Waals surface area contributed by atoms with E-state index in [0.29, 0.717) is 38.4 Å². The van der Waals surface area contributed by atoms with Crippen molar-refractivity contribution in [2.75, 3.05) is 52.6 Å². The monoisotopic (exact) mass is 748 g/mol. The topological polar surface area (TPSA) is 165 Å². The van der Waals surface area contributed by atoms with Crippen LogP contribution in [0, 0.1) is 23.5 Å². The van der Waals surface area contributed by atoms with Gasteiger partial charge in [-0.2, -0.15) is 0 Å². The second-order valence-electron chi connectivity index (χ2n) is 13.8. The molecule has 5 atom stereocenters. The summed E-state index contributed by atoms with van der Waals surface area (Å²) in [6.07, 6.45) is 2.38. The summed E-state index contributed by atoms with van der Waals surface area (Å²) in [5, 5.41) is 17.2. The van der Waals surface area contributed by atoms with E-state index in [4.69, 9.17) is 19.2 Å². The maximum Gasteiger partial charge on any atom is 0.407 e. The van der Waals surface area contributed by atoms with E-state index in [-0.39, 0.29) is 56.6 Å². The summed E-state index contributed by atoms with van der Waals surface area (Å²) in [6.45, 7) is 1.97. The molecule has 0 aliphatic carbocycles. The van der Waals surface area contributed by atoms with Crippen molar-refractivity contribution >= 4 is 23.8 Å². The number of aliphatic hydroxyl groups is 1. The first-order valence-corrected chi connectivity index (χ1v) is 18.1. The van der Waals surface area contributed by atoms with E-state index in [1.807, 2.05) is 34.9 Å². The molecule has 14 nitrogen and oxygen atoms in total. The molecule has 3 saturated heterocycles. The van der Waals surface area contributed by atoms with Crippen LogP contribution in [-0.4, -0.2) is 119 Å². The van der Waals surface area contributed by atoms with Crippen molar-refractivity contribution < 1.29 is 47.3 Å². The number of imidazole rings is 1. The van der Waals surface area contributed by atoms with Crippen LogP contribution < -0.4 is 10.6 Å². The zero-order chi connectivity index (χ0) is 37.8. The Bertz CT molecular complexity index is 1870. The Morgan fingerprint density at radius 1 is 1.06 bits per heavy atom. The number of hydrogen-bond donors (Lipinski definition) is 3. The Balaban J connectivity index is 1.09. The van der Waals surface area contributed by atoms with E-state index >= 15 is 4.39 Å². The largest absolute Gasteiger partial charge is 0.444 e. The molecule has 286 valence electrons. The molecule has 3 aromatic rings. The van der Waals surface area contributed by atoms with Crippen LogP contribution in [0.15, 0.2) is 66.9 Å². The molecule has 4 aliphatic heterocycles. The van der Waals surface area contributed by atoms with Gasteiger partial charge in [0.2, 0.25) is 0 Å². The van der Waals surface area contributed by atoms with Crippen molar-refractivity contribution in [2.45, 2.75) is 43.7 Å². The smallest absolute Gasteiger partial charge is 0.407 e. The molecule has 4 aliphatic rings. The number of piperidine rings is 1. The second-order valence-corrected chi connectivity index (χ2v) is 13.8. The van der Waals surface area contributed by atoms with E-state index in [2.05, 4.69) is 10.6 Å². The van der Waals surface area contributed by atoms with Gasteiger partial charge in [0.25, 0.3) is 17.7 Å². The van der Waals surface area contributed by atoms with Crippen LogP contribution in [0.1, 0.15) is 30.3 Å². The lowest BCUT2D eigenvalue weighted by atomic mass is 9.84. The number of aliphatic hydroxyl groups excluding tert-OH is 1. The summed E-state index contributed by atoms with van der Waals surface area (Å²) in [4.78, 5) is 57.9. The van der Waals surface area contributed by atoms with Gasteiger partial charge in [-0.25, -0.2) is 18.6 Å². The standard InChI is InChI=1S/C38H42F2N6O8/c39-25-6-7-28(40)26(18-25)29-22-44(20-23-4-2-1-3-5-23)36(43-29)34(24-10-14-52-15-11-24)46-21-27-30(19-42-33(27)35(49)37(46)50)54-38(51)41-12-16-53-17-13-45-31(47)8-9-32(45)48/h1-9,18,22,24,27,30,33-35,42,49H,10-17,19-21H2,(H,41,51)/t27-,30+,33?,34+,35-/m0/s1. The average molecular weight is 749 g/mol. The third-order valence-corrected chi connectivity index (χ3v) is 10.4. The van der Waals surface area contributed by atoms with Crippen molar-refractivity contribution in [3.05, 3.63) is 89.9 Å². The third-order valence-electron chi connectivity index (χ3n) is 10.4. The molecule has 3 N–H and O–H groups in total. The van der Waals surface area contributed by atoms with Gasteiger partial charge in [-0.1, -0.05) is 30.3 Å². The minimum atomic E-state index is -1.45. The fourth-order valence-corrected chi connectivity index (χ4v) is 7.73. The first-order valence-electron chi connectivity index (χ1n) is 18.1. The Hall–Kier alpha value is -5.03. The molecular formula is C38H42F2N6O8. The van der Waals surface area contributed by atoms with Gasteiger partial charge in [0.15, 0.2) is 0 Å². The molecule has 0 spiro atoms. The number of carbonyl (C=O) groups is 4. The summed E-state index contributed by atoms with van der Waals surface area (Å²) in [6, 6.07) is 11.4. The Kier molecular flexibility index (Phi) is 11.4. The third kappa shape index (κ3) is 8.06. The highest BCUT2D eigenvalue weighted by Gasteiger charge is 2.53. The lowest BCUT2D eigenvalue weighted by molar-refractivity contribution is -0.155. The van der Waals surface area contributed by atoms with Crippen LogP contribution >= 0.6 is 0 Å². The summed E-state index contributed by atoms with van der Waals surface area (Å²) in [7, 11) is 0. The molecule has 0 bridgehead atoms. The number of nitrogens with one attached hydrogen (secondary N) is 2. The molecule has 16 heteroatoms. The van der Waals surface area contributed by atoms with E-state index in [0.717, 1.165) is 28.7 Å². The summed E-state index contributed by atoms with van der Waals surface area (Å²) < 4.78 is 48.3. The van der Waals surface area contributed by atoms with Crippen molar-refractivity contribution in [1.29, 1.82) is 0 Å². The predicted octanol–water partition coefficient (Wildman–Crippen LogP) is 2.17. The molecule has 54 heavy (non-hydrogen) atoms. The molecule has 0 radical (unpaired) electrons. The van der Waals surface area contributed by atoms with Gasteiger partial charge in [-0.05, 0) is 42.5 Å². The number of imide groups is 1. The molecule has 5 heterocycles. The van der Waals surface area contributed by atoms with Crippen molar-refractivity contribution in [2.24, 2.45) is 11.8 Å². The lowest BCUT2D eigenvalue weighted by Gasteiger charge is -2.45. The molecule has 1 unspecified atom stereocenters. The predicted molar refractivity (Wildman–Crippen MR) is 187 cm³/mol. The molecule has 1 aromatic heterocycles. The zero-order valence-electron chi connectivity index (χ0n) is 29.4. The van der Waals surface area contributed by atoms with Gasteiger partial charge < -0.3 is 39.4 Å². The van der Waals surface area contributed by atoms with Crippen LogP contribution in [0.2, 0.25) is 0 Å². The van der Waals surface area contributed by atoms with Crippen molar-refractivity contribution in [1.82, 2.24) is 30.0 Å². The number of ether oxygens (including phenoxy) is 3. The first kappa shape index (κ1) is 37.3. The minimum Gasteiger partial charge on any atom is -0.444 e. The van der Waals surface area contributed by atoms with Crippen LogP contribution in [0.3, 0.4) is 0 Å². The number of amides is 4. The number of hydrogen-bond acceptors (Lipinski definition) is 10. The van der Waals surface area contributed by atoms with E-state index in [1.54, 1.807) is 11.1 Å². The second kappa shape index (κ2) is 16.5. The van der Waals surface area contributed by atoms with Crippen LogP contribution in [0.25, 0.3) is 11.3 Å². The molecular weight excluding hydrogens is 706 g/mol. The highest BCUT2D eigenvalue weighted by Crippen LogP contribution is 2.41. The number of aromatic nitrogens is 2. The highest BCUT2D eigenvalue weighted by molar-refractivity contribution is 6.12. The normalized spacial score (nSPS) is 23.6. The fraction of sp³-hybridized carbons (Fsp3) is 0.447. The number of nitrogens with zero attached hydrogens (tertiary/aromatic N) is 4. The Morgan fingerprint density at radius 3 is 2.57 bits per heavy atom. The number of halogens is 2. The lowest BCUT2D eigenvalue weighted by Crippen LogP contribution is -2.61. The summed E-state index contributed by atoms with van der Waals surface area (Å²) >= 11 is 0. The number of rotatable bonds is 13. The Morgan fingerprint density at radius 2 is 1.81 bits per heavy atom. The highest BCUT2D eigenvalue weighted by atomic mass is 19.1. The van der Waals surface area contributed by atoms with Gasteiger partial charge >= 0.3 is 6.09 Å². The summed E-state index contributed by atoms with van der Waals surface area (Å²) in [5.41, 5.74) is 1.12. The Labute approximate surface area is 310 Å². The van der Waals surface area contributed by atoms with E-state index < -0.39 is 65.7 Å². The minimum absolute atomic E-state index is 0.0159. The van der Waals surface area contributed by atoms with Gasteiger partial charge in [0.1, 0.15) is 29.7 Å². The van der Waals surface area contributed by atoms with Crippen LogP contribution in [0.5, 0.6) is 0 Å². The SMILES string of the molecule is O=C(NCCOCCN1C(=O)C=CC1=O)O[C@@H]1CNC2[C@H](O)C(=O)N([C@@H](c3nc(-c4cc(F)ccc4F)cn3Cc3ccccc3)C3CCOCC3)C[C@H]21. The maximum absolute atomic E-state index is 15.1. The van der Waals surface area contributed by atoms with Gasteiger partial charge in [0.05, 0.1) is 37.5 Å². The first-order chi connectivity index (χ1) is 26.2. The van der Waals surface area contributed by atoms with Gasteiger partial charge in [0, 0.05) is 69.2 Å². The van der Waals surface area contributed by atoms with Crippen LogP contribution in [0.4, 0.5) is 13.6 Å². The molecule has 7 rings (SSSR count). The average Bonchev–Trinajstić information content (AvgIpc) is 3.87. The molecule has 3 fully saturated rings. The number of likely N-dealkylation sites (tertiary alicyclic amines) is 1. The quantitative estimate of drug-likeness (QED) is 0.174. The number of carbonyl (C=O) groups excluding carboxylic acids is 4. The number of fused-ring (bicyclic) bond motifs is 1. The van der Waals surface area contributed by atoms with E-state index in [1.165, 1.54) is 12.2 Å². The maximum atomic E-state index is 15.1. The number of benzene rings is 2.